The van der Waals surface area contributed by atoms with E-state index in [1.165, 1.54) is 12.1 Å². The third kappa shape index (κ3) is 2.85. The molecule has 0 radical (unpaired) electrons. The Morgan fingerprint density at radius 1 is 1.12 bits per heavy atom. The molecule has 1 spiro atoms. The first-order valence-corrected chi connectivity index (χ1v) is 12.0. The molecule has 2 aromatic rings. The third-order valence-corrected chi connectivity index (χ3v) is 9.02. The molecular weight excluding hydrogens is 418 g/mol. The van der Waals surface area contributed by atoms with Gasteiger partial charge in [0.05, 0.1) is 22.1 Å². The van der Waals surface area contributed by atoms with Gasteiger partial charge >= 0.3 is 0 Å². The number of para-hydroxylation sites is 1. The van der Waals surface area contributed by atoms with Crippen LogP contribution in [0.15, 0.2) is 48.5 Å². The first kappa shape index (κ1) is 20.8. The number of carbonyl (C=O) groups is 1. The largest absolute Gasteiger partial charge is 0.393 e. The summed E-state index contributed by atoms with van der Waals surface area (Å²) >= 11 is 0. The molecule has 3 heterocycles. The SMILES string of the molecule is C[C@@H]1[C@H]2C[C@@H]3N(CC[C@@]34C(=O)N(c3ccc([N+](=O)[O-])cc3)c3ccccc34)C[C@@H]2CC[C@@H]1O. The summed E-state index contributed by atoms with van der Waals surface area (Å²) in [5.41, 5.74) is 2.04. The molecule has 3 fully saturated rings. The first-order chi connectivity index (χ1) is 15.9. The Hall–Kier alpha value is -2.77. The maximum Gasteiger partial charge on any atom is 0.269 e. The van der Waals surface area contributed by atoms with Crippen molar-refractivity contribution in [3.8, 4) is 0 Å². The predicted molar refractivity (Wildman–Crippen MR) is 124 cm³/mol. The minimum Gasteiger partial charge on any atom is -0.393 e. The van der Waals surface area contributed by atoms with E-state index in [0.29, 0.717) is 17.5 Å². The lowest BCUT2D eigenvalue weighted by Gasteiger charge is -2.50. The van der Waals surface area contributed by atoms with Crippen molar-refractivity contribution < 1.29 is 14.8 Å². The zero-order valence-corrected chi connectivity index (χ0v) is 18.8. The fourth-order valence-electron chi connectivity index (χ4n) is 7.31. The van der Waals surface area contributed by atoms with E-state index in [1.54, 1.807) is 17.0 Å². The molecule has 2 aromatic carbocycles. The highest BCUT2D eigenvalue weighted by Gasteiger charge is 2.62. The fraction of sp³-hybridized carbons (Fsp3) is 0.500. The third-order valence-electron chi connectivity index (χ3n) is 9.02. The van der Waals surface area contributed by atoms with Gasteiger partial charge in [-0.2, -0.15) is 0 Å². The molecule has 1 amide bonds. The number of nitrogens with zero attached hydrogens (tertiary/aromatic N) is 3. The number of hydrogen-bond acceptors (Lipinski definition) is 5. The van der Waals surface area contributed by atoms with Crippen LogP contribution in [-0.4, -0.2) is 46.1 Å². The van der Waals surface area contributed by atoms with Gasteiger partial charge in [0.1, 0.15) is 0 Å². The van der Waals surface area contributed by atoms with Crippen LogP contribution < -0.4 is 4.90 Å². The molecule has 7 nitrogen and oxygen atoms in total. The van der Waals surface area contributed by atoms with Crippen molar-refractivity contribution in [3.05, 3.63) is 64.2 Å². The van der Waals surface area contributed by atoms with Crippen molar-refractivity contribution in [2.45, 2.75) is 50.2 Å². The van der Waals surface area contributed by atoms with Crippen molar-refractivity contribution in [2.75, 3.05) is 18.0 Å². The zero-order valence-electron chi connectivity index (χ0n) is 18.8. The summed E-state index contributed by atoms with van der Waals surface area (Å²) in [4.78, 5) is 29.3. The highest BCUT2D eigenvalue weighted by atomic mass is 16.6. The second-order valence-electron chi connectivity index (χ2n) is 10.3. The predicted octanol–water partition coefficient (Wildman–Crippen LogP) is 4.01. The molecule has 7 heteroatoms. The number of non-ortho nitro benzene ring substituents is 1. The van der Waals surface area contributed by atoms with Crippen LogP contribution in [0, 0.1) is 27.9 Å². The highest BCUT2D eigenvalue weighted by Crippen LogP contribution is 2.57. The van der Waals surface area contributed by atoms with Crippen molar-refractivity contribution in [1.29, 1.82) is 0 Å². The summed E-state index contributed by atoms with van der Waals surface area (Å²) < 4.78 is 0. The van der Waals surface area contributed by atoms with Crippen molar-refractivity contribution in [1.82, 2.24) is 4.90 Å². The lowest BCUT2D eigenvalue weighted by atomic mass is 9.62. The molecule has 2 saturated heterocycles. The summed E-state index contributed by atoms with van der Waals surface area (Å²) in [6.07, 6.45) is 3.40. The number of aliphatic hydroxyl groups excluding tert-OH is 1. The number of nitro benzene ring substituents is 1. The van der Waals surface area contributed by atoms with Gasteiger partial charge in [0.15, 0.2) is 0 Å². The van der Waals surface area contributed by atoms with Crippen molar-refractivity contribution in [3.63, 3.8) is 0 Å². The van der Waals surface area contributed by atoms with Gasteiger partial charge in [0.25, 0.3) is 5.69 Å². The molecule has 3 aliphatic heterocycles. The molecule has 1 saturated carbocycles. The number of aliphatic hydroxyl groups is 1. The summed E-state index contributed by atoms with van der Waals surface area (Å²) in [5, 5.41) is 21.7. The second kappa shape index (κ2) is 7.37. The quantitative estimate of drug-likeness (QED) is 0.555. The molecule has 0 bridgehead atoms. The fourth-order valence-corrected chi connectivity index (χ4v) is 7.31. The van der Waals surface area contributed by atoms with Gasteiger partial charge in [-0.15, -0.1) is 0 Å². The number of anilines is 2. The van der Waals surface area contributed by atoms with Crippen LogP contribution in [-0.2, 0) is 10.2 Å². The standard InChI is InChI=1S/C26H29N3O4/c1-16-20-14-24-26(12-13-27(24)15-17(20)6-11-23(16)30)21-4-2-3-5-22(21)28(25(26)31)18-7-9-19(10-8-18)29(32)33/h2-5,7-10,16-17,20,23-24,30H,6,11-15H2,1H3/t16-,17+,20-,23+,24+,26+/m1/s1. The van der Waals surface area contributed by atoms with E-state index in [1.807, 2.05) is 18.2 Å². The summed E-state index contributed by atoms with van der Waals surface area (Å²) in [5.74, 6) is 1.35. The highest BCUT2D eigenvalue weighted by molar-refractivity contribution is 6.13. The van der Waals surface area contributed by atoms with Crippen LogP contribution in [0.3, 0.4) is 0 Å². The van der Waals surface area contributed by atoms with E-state index < -0.39 is 10.3 Å². The number of fused-ring (bicyclic) bond motifs is 5. The number of benzene rings is 2. The van der Waals surface area contributed by atoms with Gasteiger partial charge in [0, 0.05) is 30.4 Å². The van der Waals surface area contributed by atoms with Gasteiger partial charge in [-0.1, -0.05) is 25.1 Å². The maximum absolute atomic E-state index is 14.3. The van der Waals surface area contributed by atoms with E-state index in [4.69, 9.17) is 0 Å². The summed E-state index contributed by atoms with van der Waals surface area (Å²) in [7, 11) is 0. The molecule has 0 unspecified atom stereocenters. The molecule has 1 aliphatic carbocycles. The van der Waals surface area contributed by atoms with E-state index in [-0.39, 0.29) is 29.7 Å². The molecule has 33 heavy (non-hydrogen) atoms. The van der Waals surface area contributed by atoms with Crippen LogP contribution >= 0.6 is 0 Å². The number of carbonyl (C=O) groups excluding carboxylic acids is 1. The van der Waals surface area contributed by atoms with Crippen molar-refractivity contribution in [2.24, 2.45) is 17.8 Å². The Bertz CT molecular complexity index is 1120. The Labute approximate surface area is 193 Å². The van der Waals surface area contributed by atoms with Crippen LogP contribution in [0.5, 0.6) is 0 Å². The molecule has 172 valence electrons. The smallest absolute Gasteiger partial charge is 0.269 e. The van der Waals surface area contributed by atoms with Crippen molar-refractivity contribution >= 4 is 23.0 Å². The van der Waals surface area contributed by atoms with Gasteiger partial charge < -0.3 is 5.11 Å². The number of piperidine rings is 1. The summed E-state index contributed by atoms with van der Waals surface area (Å²) in [6.45, 7) is 4.08. The number of hydrogen-bond donors (Lipinski definition) is 1. The minimum atomic E-state index is -0.606. The molecule has 4 aliphatic rings. The van der Waals surface area contributed by atoms with Gasteiger partial charge in [-0.3, -0.25) is 24.7 Å². The molecule has 1 N–H and O–H groups in total. The topological polar surface area (TPSA) is 86.9 Å². The Morgan fingerprint density at radius 2 is 1.88 bits per heavy atom. The number of amides is 1. The molecule has 6 rings (SSSR count). The molecule has 6 atom stereocenters. The summed E-state index contributed by atoms with van der Waals surface area (Å²) in [6, 6.07) is 14.4. The minimum absolute atomic E-state index is 0.0172. The van der Waals surface area contributed by atoms with Crippen LogP contribution in [0.25, 0.3) is 0 Å². The maximum atomic E-state index is 14.3. The molecule has 0 aromatic heterocycles. The monoisotopic (exact) mass is 447 g/mol. The average molecular weight is 448 g/mol. The van der Waals surface area contributed by atoms with Crippen LogP contribution in [0.1, 0.15) is 38.2 Å². The average Bonchev–Trinajstić information content (AvgIpc) is 3.32. The van der Waals surface area contributed by atoms with E-state index >= 15 is 0 Å². The lowest BCUT2D eigenvalue weighted by molar-refractivity contribution is -0.384. The Morgan fingerprint density at radius 3 is 2.64 bits per heavy atom. The van der Waals surface area contributed by atoms with E-state index in [2.05, 4.69) is 17.9 Å². The van der Waals surface area contributed by atoms with Crippen LogP contribution in [0.4, 0.5) is 17.1 Å². The van der Waals surface area contributed by atoms with Crippen LogP contribution in [0.2, 0.25) is 0 Å². The van der Waals surface area contributed by atoms with Gasteiger partial charge in [-0.25, -0.2) is 0 Å². The van der Waals surface area contributed by atoms with E-state index in [0.717, 1.165) is 50.0 Å². The number of nitro groups is 1. The zero-order chi connectivity index (χ0) is 22.9. The lowest BCUT2D eigenvalue weighted by Crippen LogP contribution is -2.56. The van der Waals surface area contributed by atoms with E-state index in [9.17, 15) is 20.0 Å². The normalized spacial score (nSPS) is 35.4. The van der Waals surface area contributed by atoms with Gasteiger partial charge in [0.2, 0.25) is 5.91 Å². The molecular formula is C26H29N3O4. The Kier molecular flexibility index (Phi) is 4.65. The first-order valence-electron chi connectivity index (χ1n) is 12.0. The Balaban J connectivity index is 1.41. The van der Waals surface area contributed by atoms with Gasteiger partial charge in [-0.05, 0) is 73.7 Å². The second-order valence-corrected chi connectivity index (χ2v) is 10.3. The number of rotatable bonds is 2.